The van der Waals surface area contributed by atoms with Crippen LogP contribution in [0.25, 0.3) is 0 Å². The van der Waals surface area contributed by atoms with Crippen molar-refractivity contribution in [1.29, 1.82) is 0 Å². The van der Waals surface area contributed by atoms with Crippen molar-refractivity contribution in [1.82, 2.24) is 9.88 Å². The zero-order valence-corrected chi connectivity index (χ0v) is 14.9. The summed E-state index contributed by atoms with van der Waals surface area (Å²) < 4.78 is 31.3. The molecule has 4 nitrogen and oxygen atoms in total. The molecule has 1 aromatic heterocycles. The SMILES string of the molecule is COc1c[nH]c(CN2CCC[C@H](CCc3ccc(F)c(F)c3)C2)cc1=O. The molecule has 3 rings (SSSR count). The predicted molar refractivity (Wildman–Crippen MR) is 96.3 cm³/mol. The maximum atomic E-state index is 13.3. The third-order valence-electron chi connectivity index (χ3n) is 4.98. The molecule has 1 fully saturated rings. The number of halogens is 2. The number of likely N-dealkylation sites (tertiary alicyclic amines) is 1. The number of benzene rings is 1. The molecule has 6 heteroatoms. The van der Waals surface area contributed by atoms with E-state index in [0.717, 1.165) is 50.0 Å². The Balaban J connectivity index is 1.54. The smallest absolute Gasteiger partial charge is 0.223 e. The monoisotopic (exact) mass is 362 g/mol. The predicted octanol–water partition coefficient (Wildman–Crippen LogP) is 3.51. The van der Waals surface area contributed by atoms with E-state index in [-0.39, 0.29) is 5.43 Å². The lowest BCUT2D eigenvalue weighted by atomic mass is 9.91. The van der Waals surface area contributed by atoms with Crippen molar-refractivity contribution in [3.63, 3.8) is 0 Å². The van der Waals surface area contributed by atoms with E-state index in [2.05, 4.69) is 9.88 Å². The lowest BCUT2D eigenvalue weighted by molar-refractivity contribution is 0.160. The molecule has 1 aliphatic heterocycles. The van der Waals surface area contributed by atoms with Crippen LogP contribution in [0.1, 0.15) is 30.5 Å². The average molecular weight is 362 g/mol. The molecule has 1 aliphatic rings. The fourth-order valence-corrected chi connectivity index (χ4v) is 3.59. The van der Waals surface area contributed by atoms with E-state index in [0.29, 0.717) is 18.2 Å². The van der Waals surface area contributed by atoms with Crippen LogP contribution >= 0.6 is 0 Å². The van der Waals surface area contributed by atoms with Crippen molar-refractivity contribution >= 4 is 0 Å². The topological polar surface area (TPSA) is 45.3 Å². The average Bonchev–Trinajstić information content (AvgIpc) is 2.63. The summed E-state index contributed by atoms with van der Waals surface area (Å²) in [4.78, 5) is 17.3. The molecule has 1 aromatic carbocycles. The number of rotatable bonds is 6. The number of piperidine rings is 1. The second-order valence-corrected chi connectivity index (χ2v) is 6.92. The molecule has 0 radical (unpaired) electrons. The molecule has 0 aliphatic carbocycles. The van der Waals surface area contributed by atoms with Gasteiger partial charge in [0.1, 0.15) is 0 Å². The van der Waals surface area contributed by atoms with E-state index >= 15 is 0 Å². The van der Waals surface area contributed by atoms with Crippen molar-refractivity contribution in [3.8, 4) is 5.75 Å². The summed E-state index contributed by atoms with van der Waals surface area (Å²) in [6.07, 6.45) is 5.53. The summed E-state index contributed by atoms with van der Waals surface area (Å²) in [6, 6.07) is 5.72. The molecule has 26 heavy (non-hydrogen) atoms. The number of pyridine rings is 1. The van der Waals surface area contributed by atoms with Gasteiger partial charge in [0.15, 0.2) is 17.4 Å². The Morgan fingerprint density at radius 2 is 2.12 bits per heavy atom. The molecule has 0 saturated carbocycles. The normalized spacial score (nSPS) is 18.0. The number of ether oxygens (including phenoxy) is 1. The molecule has 2 heterocycles. The van der Waals surface area contributed by atoms with Gasteiger partial charge >= 0.3 is 0 Å². The Morgan fingerprint density at radius 3 is 2.85 bits per heavy atom. The fourth-order valence-electron chi connectivity index (χ4n) is 3.59. The number of aromatic nitrogens is 1. The van der Waals surface area contributed by atoms with Gasteiger partial charge in [0.05, 0.1) is 7.11 Å². The van der Waals surface area contributed by atoms with Crippen molar-refractivity contribution in [2.75, 3.05) is 20.2 Å². The highest BCUT2D eigenvalue weighted by atomic mass is 19.2. The molecule has 0 amide bonds. The highest BCUT2D eigenvalue weighted by molar-refractivity contribution is 5.20. The van der Waals surface area contributed by atoms with Crippen LogP contribution in [0.3, 0.4) is 0 Å². The summed E-state index contributed by atoms with van der Waals surface area (Å²) >= 11 is 0. The van der Waals surface area contributed by atoms with Gasteiger partial charge in [-0.15, -0.1) is 0 Å². The summed E-state index contributed by atoms with van der Waals surface area (Å²) in [6.45, 7) is 2.63. The van der Waals surface area contributed by atoms with Crippen LogP contribution in [0.2, 0.25) is 0 Å². The fraction of sp³-hybridized carbons (Fsp3) is 0.450. The van der Waals surface area contributed by atoms with E-state index in [9.17, 15) is 13.6 Å². The van der Waals surface area contributed by atoms with E-state index in [4.69, 9.17) is 4.74 Å². The van der Waals surface area contributed by atoms with E-state index in [1.165, 1.54) is 19.2 Å². The summed E-state index contributed by atoms with van der Waals surface area (Å²) in [5.74, 6) is -0.749. The maximum absolute atomic E-state index is 13.3. The Bertz CT molecular complexity index is 807. The second kappa shape index (κ2) is 8.45. The van der Waals surface area contributed by atoms with Crippen LogP contribution in [0, 0.1) is 17.6 Å². The maximum Gasteiger partial charge on any atom is 0.223 e. The minimum atomic E-state index is -0.800. The number of methoxy groups -OCH3 is 1. The van der Waals surface area contributed by atoms with Gasteiger partial charge in [-0.2, -0.15) is 0 Å². The van der Waals surface area contributed by atoms with Gasteiger partial charge < -0.3 is 9.72 Å². The molecular formula is C20H24F2N2O2. The van der Waals surface area contributed by atoms with E-state index in [1.807, 2.05) is 0 Å². The van der Waals surface area contributed by atoms with Crippen LogP contribution in [0.15, 0.2) is 35.3 Å². The standard InChI is InChI=1S/C20H24F2N2O2/c1-26-20-11-23-16(10-19(20)25)13-24-8-2-3-15(12-24)5-4-14-6-7-17(21)18(22)9-14/h6-7,9-11,15H,2-5,8,12-13H2,1H3,(H,23,25)/t15-/m1/s1. The van der Waals surface area contributed by atoms with Crippen LogP contribution in [0.5, 0.6) is 5.75 Å². The lowest BCUT2D eigenvalue weighted by Crippen LogP contribution is -2.35. The lowest BCUT2D eigenvalue weighted by Gasteiger charge is -2.32. The van der Waals surface area contributed by atoms with Gasteiger partial charge in [0, 0.05) is 31.0 Å². The Hall–Kier alpha value is -2.21. The molecule has 1 atom stereocenters. The molecular weight excluding hydrogens is 338 g/mol. The largest absolute Gasteiger partial charge is 0.491 e. The summed E-state index contributed by atoms with van der Waals surface area (Å²) in [5.41, 5.74) is 1.59. The van der Waals surface area contributed by atoms with E-state index < -0.39 is 11.6 Å². The third kappa shape index (κ3) is 4.69. The quantitative estimate of drug-likeness (QED) is 0.855. The van der Waals surface area contributed by atoms with Gasteiger partial charge in [0.25, 0.3) is 0 Å². The zero-order chi connectivity index (χ0) is 18.5. The molecule has 1 saturated heterocycles. The number of nitrogens with zero attached hydrogens (tertiary/aromatic N) is 1. The van der Waals surface area contributed by atoms with Gasteiger partial charge in [-0.3, -0.25) is 9.69 Å². The van der Waals surface area contributed by atoms with Gasteiger partial charge in [-0.05, 0) is 55.8 Å². The van der Waals surface area contributed by atoms with Crippen molar-refractivity contribution in [3.05, 3.63) is 63.6 Å². The minimum absolute atomic E-state index is 0.117. The first-order chi connectivity index (χ1) is 12.5. The van der Waals surface area contributed by atoms with Crippen molar-refractivity contribution in [2.45, 2.75) is 32.2 Å². The van der Waals surface area contributed by atoms with Crippen LogP contribution < -0.4 is 10.2 Å². The number of aryl methyl sites for hydroxylation is 1. The second-order valence-electron chi connectivity index (χ2n) is 6.92. The van der Waals surface area contributed by atoms with Crippen LogP contribution in [-0.2, 0) is 13.0 Å². The number of hydrogen-bond donors (Lipinski definition) is 1. The summed E-state index contributed by atoms with van der Waals surface area (Å²) in [7, 11) is 1.48. The van der Waals surface area contributed by atoms with Crippen molar-refractivity contribution < 1.29 is 13.5 Å². The zero-order valence-electron chi connectivity index (χ0n) is 14.9. The Morgan fingerprint density at radius 1 is 1.27 bits per heavy atom. The first-order valence-electron chi connectivity index (χ1n) is 8.97. The van der Waals surface area contributed by atoms with Crippen LogP contribution in [0.4, 0.5) is 8.78 Å². The van der Waals surface area contributed by atoms with Crippen molar-refractivity contribution in [2.24, 2.45) is 5.92 Å². The molecule has 0 spiro atoms. The Kier molecular flexibility index (Phi) is 6.04. The molecule has 2 aromatic rings. The first kappa shape index (κ1) is 18.6. The Labute approximate surface area is 151 Å². The van der Waals surface area contributed by atoms with Crippen LogP contribution in [-0.4, -0.2) is 30.1 Å². The third-order valence-corrected chi connectivity index (χ3v) is 4.98. The highest BCUT2D eigenvalue weighted by Crippen LogP contribution is 2.23. The highest BCUT2D eigenvalue weighted by Gasteiger charge is 2.20. The van der Waals surface area contributed by atoms with Gasteiger partial charge in [-0.25, -0.2) is 8.78 Å². The van der Waals surface area contributed by atoms with Gasteiger partial charge in [-0.1, -0.05) is 6.07 Å². The first-order valence-corrected chi connectivity index (χ1v) is 8.97. The minimum Gasteiger partial charge on any atom is -0.491 e. The molecule has 0 unspecified atom stereocenters. The number of hydrogen-bond acceptors (Lipinski definition) is 3. The number of aromatic amines is 1. The van der Waals surface area contributed by atoms with E-state index in [1.54, 1.807) is 18.3 Å². The molecule has 1 N–H and O–H groups in total. The number of nitrogens with one attached hydrogen (secondary N) is 1. The van der Waals surface area contributed by atoms with Gasteiger partial charge in [0.2, 0.25) is 5.43 Å². The molecule has 0 bridgehead atoms. The summed E-state index contributed by atoms with van der Waals surface area (Å²) in [5, 5.41) is 0. The molecule has 140 valence electrons. The number of H-pyrrole nitrogens is 1.